The summed E-state index contributed by atoms with van der Waals surface area (Å²) < 4.78 is 11.1. The Balaban J connectivity index is 1.41. The van der Waals surface area contributed by atoms with Gasteiger partial charge in [0.15, 0.2) is 5.76 Å². The second-order valence-corrected chi connectivity index (χ2v) is 5.59. The summed E-state index contributed by atoms with van der Waals surface area (Å²) in [5.74, 6) is 0.525. The van der Waals surface area contributed by atoms with Crippen LogP contribution in [0.2, 0.25) is 0 Å². The lowest BCUT2D eigenvalue weighted by atomic mass is 10.1. The van der Waals surface area contributed by atoms with E-state index in [0.717, 1.165) is 16.5 Å². The van der Waals surface area contributed by atoms with Crippen molar-refractivity contribution >= 4 is 22.9 Å². The van der Waals surface area contributed by atoms with Crippen LogP contribution >= 0.6 is 0 Å². The highest BCUT2D eigenvalue weighted by Gasteiger charge is 2.15. The highest BCUT2D eigenvalue weighted by atomic mass is 16.4. The first-order valence-corrected chi connectivity index (χ1v) is 7.94. The van der Waals surface area contributed by atoms with Gasteiger partial charge < -0.3 is 8.83 Å². The molecule has 0 atom stereocenters. The monoisotopic (exact) mass is 333 g/mol. The third-order valence-electron chi connectivity index (χ3n) is 3.79. The average molecular weight is 333 g/mol. The van der Waals surface area contributed by atoms with E-state index >= 15 is 0 Å². The number of hydrogen-bond donors (Lipinski definition) is 1. The molecule has 2 heterocycles. The molecule has 4 rings (SSSR count). The summed E-state index contributed by atoms with van der Waals surface area (Å²) in [4.78, 5) is 12.0. The molecule has 0 aliphatic heterocycles. The van der Waals surface area contributed by atoms with Crippen molar-refractivity contribution in [2.24, 2.45) is 0 Å². The predicted molar refractivity (Wildman–Crippen MR) is 92.9 cm³/mol. The number of anilines is 1. The first-order chi connectivity index (χ1) is 12.3. The van der Waals surface area contributed by atoms with Gasteiger partial charge in [0.25, 0.3) is 5.89 Å². The highest BCUT2D eigenvalue weighted by molar-refractivity contribution is 5.88. The molecule has 2 aromatic carbocycles. The van der Waals surface area contributed by atoms with Crippen molar-refractivity contribution in [3.8, 4) is 11.7 Å². The zero-order valence-corrected chi connectivity index (χ0v) is 13.3. The summed E-state index contributed by atoms with van der Waals surface area (Å²) in [6, 6.07) is 19.3. The van der Waals surface area contributed by atoms with Crippen LogP contribution in [0.5, 0.6) is 0 Å². The number of furan rings is 1. The zero-order valence-electron chi connectivity index (χ0n) is 13.3. The van der Waals surface area contributed by atoms with Gasteiger partial charge in [-0.15, -0.1) is 5.10 Å². The Morgan fingerprint density at radius 3 is 2.60 bits per heavy atom. The number of amides is 1. The number of carbonyl (C=O) groups is 1. The van der Waals surface area contributed by atoms with Crippen LogP contribution < -0.4 is 5.32 Å². The summed E-state index contributed by atoms with van der Waals surface area (Å²) in [6.45, 7) is 0. The molecule has 0 unspecified atom stereocenters. The number of para-hydroxylation sites is 1. The van der Waals surface area contributed by atoms with Crippen molar-refractivity contribution in [3.63, 3.8) is 0 Å². The Morgan fingerprint density at radius 1 is 0.960 bits per heavy atom. The van der Waals surface area contributed by atoms with E-state index in [9.17, 15) is 4.79 Å². The van der Waals surface area contributed by atoms with E-state index < -0.39 is 0 Å². The molecular formula is C19H15N3O3. The fraction of sp³-hybridized carbons (Fsp3) is 0.105. The first kappa shape index (κ1) is 15.1. The van der Waals surface area contributed by atoms with Crippen LogP contribution in [0.3, 0.4) is 0 Å². The maximum atomic E-state index is 12.0. The van der Waals surface area contributed by atoms with Crippen molar-refractivity contribution in [3.05, 3.63) is 66.2 Å². The van der Waals surface area contributed by atoms with Crippen LogP contribution in [0.1, 0.15) is 12.0 Å². The summed E-state index contributed by atoms with van der Waals surface area (Å²) in [7, 11) is 0. The lowest BCUT2D eigenvalue weighted by Crippen LogP contribution is -2.12. The van der Waals surface area contributed by atoms with E-state index in [4.69, 9.17) is 8.83 Å². The van der Waals surface area contributed by atoms with Crippen molar-refractivity contribution in [1.29, 1.82) is 0 Å². The maximum Gasteiger partial charge on any atom is 0.322 e. The topological polar surface area (TPSA) is 81.2 Å². The molecule has 0 saturated heterocycles. The Morgan fingerprint density at radius 2 is 1.76 bits per heavy atom. The molecule has 6 nitrogen and oxygen atoms in total. The van der Waals surface area contributed by atoms with Gasteiger partial charge in [-0.3, -0.25) is 10.1 Å². The van der Waals surface area contributed by atoms with Crippen LogP contribution in [-0.2, 0) is 11.2 Å². The van der Waals surface area contributed by atoms with Crippen LogP contribution in [0.15, 0.2) is 69.5 Å². The van der Waals surface area contributed by atoms with E-state index in [1.165, 1.54) is 0 Å². The van der Waals surface area contributed by atoms with Crippen molar-refractivity contribution < 1.29 is 13.6 Å². The molecule has 2 aromatic heterocycles. The molecule has 1 amide bonds. The number of fused-ring (bicyclic) bond motifs is 1. The second kappa shape index (κ2) is 6.60. The molecule has 0 radical (unpaired) electrons. The van der Waals surface area contributed by atoms with Gasteiger partial charge in [-0.2, -0.15) is 0 Å². The van der Waals surface area contributed by atoms with Gasteiger partial charge in [0.2, 0.25) is 5.91 Å². The quantitative estimate of drug-likeness (QED) is 0.596. The van der Waals surface area contributed by atoms with E-state index in [2.05, 4.69) is 15.5 Å². The fourth-order valence-electron chi connectivity index (χ4n) is 2.54. The molecule has 124 valence electrons. The molecule has 6 heteroatoms. The number of nitrogens with one attached hydrogen (secondary N) is 1. The number of hydrogen-bond acceptors (Lipinski definition) is 5. The lowest BCUT2D eigenvalue weighted by Gasteiger charge is -2.00. The normalized spacial score (nSPS) is 10.9. The van der Waals surface area contributed by atoms with Gasteiger partial charge >= 0.3 is 6.01 Å². The van der Waals surface area contributed by atoms with Crippen LogP contribution in [0, 0.1) is 0 Å². The molecule has 0 spiro atoms. The Bertz CT molecular complexity index is 972. The van der Waals surface area contributed by atoms with Gasteiger partial charge in [0.1, 0.15) is 5.58 Å². The number of aromatic nitrogens is 2. The van der Waals surface area contributed by atoms with Crippen molar-refractivity contribution in [2.75, 3.05) is 5.32 Å². The number of benzene rings is 2. The van der Waals surface area contributed by atoms with Gasteiger partial charge in [-0.1, -0.05) is 53.6 Å². The minimum absolute atomic E-state index is 0.0634. The second-order valence-electron chi connectivity index (χ2n) is 5.59. The third kappa shape index (κ3) is 3.42. The van der Waals surface area contributed by atoms with Crippen LogP contribution in [-0.4, -0.2) is 16.1 Å². The molecular weight excluding hydrogens is 318 g/mol. The van der Waals surface area contributed by atoms with Crippen LogP contribution in [0.25, 0.3) is 22.6 Å². The summed E-state index contributed by atoms with van der Waals surface area (Å²) >= 11 is 0. The molecule has 0 bridgehead atoms. The molecule has 0 aliphatic carbocycles. The molecule has 0 aliphatic rings. The van der Waals surface area contributed by atoms with Gasteiger partial charge in [-0.25, -0.2) is 0 Å². The molecule has 1 N–H and O–H groups in total. The molecule has 0 fully saturated rings. The molecule has 25 heavy (non-hydrogen) atoms. The summed E-state index contributed by atoms with van der Waals surface area (Å²) in [5, 5.41) is 11.3. The maximum absolute atomic E-state index is 12.0. The Hall–Kier alpha value is -3.41. The number of nitrogens with zero attached hydrogens (tertiary/aromatic N) is 2. The summed E-state index contributed by atoms with van der Waals surface area (Å²) in [5.41, 5.74) is 1.84. The van der Waals surface area contributed by atoms with E-state index in [1.807, 2.05) is 60.7 Å². The van der Waals surface area contributed by atoms with E-state index in [0.29, 0.717) is 18.6 Å². The minimum Gasteiger partial charge on any atom is -0.451 e. The first-order valence-electron chi connectivity index (χ1n) is 7.94. The fourth-order valence-corrected chi connectivity index (χ4v) is 2.54. The summed E-state index contributed by atoms with van der Waals surface area (Å²) in [6.07, 6.45) is 0.990. The Labute approximate surface area is 143 Å². The van der Waals surface area contributed by atoms with Crippen LogP contribution in [0.4, 0.5) is 6.01 Å². The predicted octanol–water partition coefficient (Wildman–Crippen LogP) is 4.05. The van der Waals surface area contributed by atoms with Crippen molar-refractivity contribution in [1.82, 2.24) is 10.2 Å². The average Bonchev–Trinajstić information content (AvgIpc) is 3.27. The molecule has 4 aromatic rings. The molecule has 0 saturated carbocycles. The smallest absolute Gasteiger partial charge is 0.322 e. The number of carbonyl (C=O) groups excluding carboxylic acids is 1. The van der Waals surface area contributed by atoms with Crippen molar-refractivity contribution in [2.45, 2.75) is 12.8 Å². The SMILES string of the molecule is O=C(CCc1ccccc1)Nc1nnc(-c2cc3ccccc3o2)o1. The highest BCUT2D eigenvalue weighted by Crippen LogP contribution is 2.27. The van der Waals surface area contributed by atoms with Gasteiger partial charge in [-0.05, 0) is 24.1 Å². The van der Waals surface area contributed by atoms with E-state index in [1.54, 1.807) is 0 Å². The lowest BCUT2D eigenvalue weighted by molar-refractivity contribution is -0.116. The number of aryl methyl sites for hydroxylation is 1. The third-order valence-corrected chi connectivity index (χ3v) is 3.79. The van der Waals surface area contributed by atoms with Gasteiger partial charge in [0, 0.05) is 11.8 Å². The van der Waals surface area contributed by atoms with Gasteiger partial charge in [0.05, 0.1) is 0 Å². The largest absolute Gasteiger partial charge is 0.451 e. The minimum atomic E-state index is -0.177. The number of rotatable bonds is 5. The zero-order chi connectivity index (χ0) is 17.1. The van der Waals surface area contributed by atoms with E-state index in [-0.39, 0.29) is 17.8 Å². The standard InChI is InChI=1S/C19H15N3O3/c23-17(11-10-13-6-2-1-3-7-13)20-19-22-21-18(25-19)16-12-14-8-4-5-9-15(14)24-16/h1-9,12H,10-11H2,(H,20,22,23). The Kier molecular flexibility index (Phi) is 4.00.